The third kappa shape index (κ3) is 6.11. The molecular formula is C20H16F2NNaO4S. The molecule has 29 heavy (non-hydrogen) atoms. The molecule has 146 valence electrons. The predicted molar refractivity (Wildman–Crippen MR) is 102 cm³/mol. The molecule has 3 rings (SSSR count). The fraction of sp³-hybridized carbons (Fsp3) is 0.0500. The molecule has 0 amide bonds. The second-order valence-electron chi connectivity index (χ2n) is 5.96. The molecular weight excluding hydrogens is 411 g/mol. The van der Waals surface area contributed by atoms with Crippen molar-refractivity contribution in [3.8, 4) is 11.5 Å². The molecule has 0 bridgehead atoms. The molecule has 0 aliphatic rings. The molecule has 0 radical (unpaired) electrons. The maximum Gasteiger partial charge on any atom is 1.00 e. The van der Waals surface area contributed by atoms with Crippen molar-refractivity contribution < 1.29 is 57.7 Å². The molecule has 0 atom stereocenters. The first-order valence-electron chi connectivity index (χ1n) is 8.07. The van der Waals surface area contributed by atoms with E-state index in [0.29, 0.717) is 11.6 Å². The van der Waals surface area contributed by atoms with Gasteiger partial charge in [-0.05, 0) is 30.3 Å². The van der Waals surface area contributed by atoms with Crippen molar-refractivity contribution in [3.05, 3.63) is 89.5 Å². The third-order valence-corrected chi connectivity index (χ3v) is 4.28. The Kier molecular flexibility index (Phi) is 7.54. The van der Waals surface area contributed by atoms with Crippen molar-refractivity contribution in [3.63, 3.8) is 0 Å². The molecule has 0 unspecified atom stereocenters. The number of halogens is 2. The standard InChI is InChI=1S/C20H15F2NO4S.Na.H/c1-28(25,26)23-17-9-7-14(20(24)13-5-3-2-4-6-13)11-19(17)27-18-10-8-15(21)12-16(18)22;;/h2-12,23H,1H3;;/q;+1;-1. The van der Waals surface area contributed by atoms with E-state index in [9.17, 15) is 22.0 Å². The Morgan fingerprint density at radius 2 is 1.62 bits per heavy atom. The summed E-state index contributed by atoms with van der Waals surface area (Å²) in [7, 11) is -3.66. The van der Waals surface area contributed by atoms with E-state index in [0.717, 1.165) is 18.4 Å². The smallest absolute Gasteiger partial charge is 1.00 e. The maximum atomic E-state index is 14.0. The van der Waals surface area contributed by atoms with Gasteiger partial charge in [0.05, 0.1) is 11.9 Å². The van der Waals surface area contributed by atoms with Crippen molar-refractivity contribution in [2.24, 2.45) is 0 Å². The van der Waals surface area contributed by atoms with Crippen molar-refractivity contribution in [1.82, 2.24) is 0 Å². The van der Waals surface area contributed by atoms with Gasteiger partial charge in [0, 0.05) is 17.2 Å². The molecule has 0 aliphatic heterocycles. The Morgan fingerprint density at radius 1 is 0.931 bits per heavy atom. The van der Waals surface area contributed by atoms with Crippen LogP contribution in [0.1, 0.15) is 17.3 Å². The molecule has 0 heterocycles. The molecule has 0 fully saturated rings. The Hall–Kier alpha value is -2.26. The Bertz CT molecular complexity index is 1140. The van der Waals surface area contributed by atoms with E-state index in [2.05, 4.69) is 4.72 Å². The number of rotatable bonds is 6. The van der Waals surface area contributed by atoms with Crippen molar-refractivity contribution in [2.75, 3.05) is 11.0 Å². The third-order valence-electron chi connectivity index (χ3n) is 3.69. The van der Waals surface area contributed by atoms with Crippen LogP contribution in [0.4, 0.5) is 14.5 Å². The van der Waals surface area contributed by atoms with Gasteiger partial charge in [-0.15, -0.1) is 0 Å². The van der Waals surface area contributed by atoms with Gasteiger partial charge in [0.15, 0.2) is 23.1 Å². The number of nitrogens with one attached hydrogen (secondary N) is 1. The molecule has 0 spiro atoms. The Balaban J connectivity index is 0.00000225. The normalized spacial score (nSPS) is 10.7. The van der Waals surface area contributed by atoms with E-state index < -0.39 is 21.7 Å². The number of sulfonamides is 1. The Morgan fingerprint density at radius 3 is 2.24 bits per heavy atom. The van der Waals surface area contributed by atoms with Gasteiger partial charge in [-0.25, -0.2) is 17.2 Å². The summed E-state index contributed by atoms with van der Waals surface area (Å²) < 4.78 is 58.0. The average Bonchev–Trinajstić information content (AvgIpc) is 2.64. The predicted octanol–water partition coefficient (Wildman–Crippen LogP) is 1.48. The van der Waals surface area contributed by atoms with Gasteiger partial charge in [0.1, 0.15) is 5.82 Å². The number of hydrogen-bond acceptors (Lipinski definition) is 4. The zero-order chi connectivity index (χ0) is 20.3. The summed E-state index contributed by atoms with van der Waals surface area (Å²) in [5.74, 6) is -2.49. The summed E-state index contributed by atoms with van der Waals surface area (Å²) >= 11 is 0. The number of hydrogen-bond donors (Lipinski definition) is 1. The van der Waals surface area contributed by atoms with Gasteiger partial charge in [0.2, 0.25) is 10.0 Å². The maximum absolute atomic E-state index is 14.0. The van der Waals surface area contributed by atoms with E-state index in [1.165, 1.54) is 18.2 Å². The minimum atomic E-state index is -3.66. The zero-order valence-electron chi connectivity index (χ0n) is 16.6. The van der Waals surface area contributed by atoms with Crippen LogP contribution in [0.2, 0.25) is 0 Å². The summed E-state index contributed by atoms with van der Waals surface area (Å²) in [6, 6.07) is 15.2. The first-order chi connectivity index (χ1) is 13.2. The van der Waals surface area contributed by atoms with Gasteiger partial charge in [-0.1, -0.05) is 30.3 Å². The van der Waals surface area contributed by atoms with Crippen molar-refractivity contribution in [2.45, 2.75) is 0 Å². The molecule has 9 heteroatoms. The molecule has 0 aromatic heterocycles. The minimum absolute atomic E-state index is 0. The van der Waals surface area contributed by atoms with Crippen LogP contribution in [0.3, 0.4) is 0 Å². The van der Waals surface area contributed by atoms with Crippen LogP contribution >= 0.6 is 0 Å². The van der Waals surface area contributed by atoms with E-state index in [1.54, 1.807) is 30.3 Å². The molecule has 0 saturated carbocycles. The van der Waals surface area contributed by atoms with Gasteiger partial charge in [-0.3, -0.25) is 9.52 Å². The number of ether oxygens (including phenoxy) is 1. The number of ketones is 1. The van der Waals surface area contributed by atoms with Gasteiger partial charge >= 0.3 is 29.6 Å². The fourth-order valence-corrected chi connectivity index (χ4v) is 3.03. The number of benzene rings is 3. The fourth-order valence-electron chi connectivity index (χ4n) is 2.46. The first kappa shape index (κ1) is 23.0. The number of carbonyl (C=O) groups excluding carboxylic acids is 1. The number of carbonyl (C=O) groups is 1. The van der Waals surface area contributed by atoms with Gasteiger partial charge in [0.25, 0.3) is 0 Å². The quantitative estimate of drug-likeness (QED) is 0.478. The van der Waals surface area contributed by atoms with Crippen LogP contribution in [0, 0.1) is 11.6 Å². The molecule has 3 aromatic rings. The summed E-state index contributed by atoms with van der Waals surface area (Å²) in [6.07, 6.45) is 0.943. The SMILES string of the molecule is CS(=O)(=O)Nc1ccc(C(=O)c2ccccc2)cc1Oc1ccc(F)cc1F.[H-].[Na+]. The Labute approximate surface area is 190 Å². The van der Waals surface area contributed by atoms with Crippen molar-refractivity contribution in [1.29, 1.82) is 0 Å². The van der Waals surface area contributed by atoms with Gasteiger partial charge < -0.3 is 6.16 Å². The molecule has 1 N–H and O–H groups in total. The minimum Gasteiger partial charge on any atom is -1.00 e. The second kappa shape index (κ2) is 9.49. The van der Waals surface area contributed by atoms with Crippen LogP contribution in [0.25, 0.3) is 0 Å². The summed E-state index contributed by atoms with van der Waals surface area (Å²) in [6.45, 7) is 0. The summed E-state index contributed by atoms with van der Waals surface area (Å²) in [5, 5.41) is 0. The molecule has 5 nitrogen and oxygen atoms in total. The first-order valence-corrected chi connectivity index (χ1v) is 9.96. The van der Waals surface area contributed by atoms with E-state index in [1.807, 2.05) is 0 Å². The van der Waals surface area contributed by atoms with Crippen LogP contribution in [0.15, 0.2) is 66.7 Å². The monoisotopic (exact) mass is 427 g/mol. The largest absolute Gasteiger partial charge is 1.00 e. The molecule has 0 saturated heterocycles. The van der Waals surface area contributed by atoms with Crippen LogP contribution in [-0.4, -0.2) is 20.5 Å². The second-order valence-corrected chi connectivity index (χ2v) is 7.71. The molecule has 0 aliphatic carbocycles. The van der Waals surface area contributed by atoms with Crippen molar-refractivity contribution >= 4 is 21.5 Å². The van der Waals surface area contributed by atoms with E-state index >= 15 is 0 Å². The topological polar surface area (TPSA) is 72.5 Å². The van der Waals surface area contributed by atoms with Crippen LogP contribution in [0.5, 0.6) is 11.5 Å². The number of anilines is 1. The van der Waals surface area contributed by atoms with E-state index in [4.69, 9.17) is 4.74 Å². The van der Waals surface area contributed by atoms with E-state index in [-0.39, 0.29) is 59.5 Å². The van der Waals surface area contributed by atoms with Crippen LogP contribution in [-0.2, 0) is 10.0 Å². The molecule has 3 aromatic carbocycles. The van der Waals surface area contributed by atoms with Crippen LogP contribution < -0.4 is 39.0 Å². The zero-order valence-corrected chi connectivity index (χ0v) is 18.5. The van der Waals surface area contributed by atoms with Gasteiger partial charge in [-0.2, -0.15) is 0 Å². The summed E-state index contributed by atoms with van der Waals surface area (Å²) in [5.41, 5.74) is 0.642. The average molecular weight is 427 g/mol. The summed E-state index contributed by atoms with van der Waals surface area (Å²) in [4.78, 5) is 12.6.